The summed E-state index contributed by atoms with van der Waals surface area (Å²) in [6, 6.07) is 0. The Labute approximate surface area is 111 Å². The normalized spacial score (nSPS) is 13.9. The second-order valence-electron chi connectivity index (χ2n) is 4.18. The van der Waals surface area contributed by atoms with E-state index in [2.05, 4.69) is 30.3 Å². The van der Waals surface area contributed by atoms with E-state index in [0.717, 1.165) is 0 Å². The molecule has 17 heavy (non-hydrogen) atoms. The molecule has 0 aliphatic heterocycles. The molecule has 0 spiro atoms. The Morgan fingerprint density at radius 1 is 1.53 bits per heavy atom. The molecule has 1 atom stereocenters. The van der Waals surface area contributed by atoms with Gasteiger partial charge in [-0.2, -0.15) is 4.40 Å². The van der Waals surface area contributed by atoms with E-state index in [0.29, 0.717) is 16.2 Å². The Hall–Kier alpha value is -0.820. The number of ether oxygens (including phenoxy) is 1. The van der Waals surface area contributed by atoms with Crippen molar-refractivity contribution < 1.29 is 8.95 Å². The number of hydrogen-bond acceptors (Lipinski definition) is 4. The van der Waals surface area contributed by atoms with E-state index in [9.17, 15) is 4.21 Å². The fourth-order valence-corrected chi connectivity index (χ4v) is 1.63. The van der Waals surface area contributed by atoms with E-state index in [1.165, 1.54) is 19.5 Å². The molecule has 7 heteroatoms. The minimum absolute atomic E-state index is 0.342. The highest BCUT2D eigenvalue weighted by molar-refractivity contribution is 9.10. The van der Waals surface area contributed by atoms with E-state index < -0.39 is 15.7 Å². The highest BCUT2D eigenvalue weighted by Gasteiger charge is 2.18. The van der Waals surface area contributed by atoms with Gasteiger partial charge in [0.15, 0.2) is 0 Å². The number of nitrogens with zero attached hydrogens (tertiary/aromatic N) is 3. The first-order chi connectivity index (χ1) is 7.84. The van der Waals surface area contributed by atoms with Crippen molar-refractivity contribution in [1.82, 2.24) is 9.97 Å². The van der Waals surface area contributed by atoms with Crippen LogP contribution in [0.1, 0.15) is 26.5 Å². The Morgan fingerprint density at radius 3 is 2.71 bits per heavy atom. The standard InChI is InChI=1S/C10H14BrN3O2S/c1-10(2,3)17(15)13-5-7-9(16-4)14-8(11)6-12-7/h5-6H,1-4H3/b13-5+/t17-/m1/s1. The summed E-state index contributed by atoms with van der Waals surface area (Å²) in [6.45, 7) is 5.56. The zero-order valence-corrected chi connectivity index (χ0v) is 12.5. The van der Waals surface area contributed by atoms with Gasteiger partial charge in [-0.25, -0.2) is 14.2 Å². The lowest BCUT2D eigenvalue weighted by molar-refractivity contribution is 0.394. The zero-order chi connectivity index (χ0) is 13.1. The molecule has 0 N–H and O–H groups in total. The largest absolute Gasteiger partial charge is 0.479 e. The third kappa shape index (κ3) is 4.16. The van der Waals surface area contributed by atoms with Crippen molar-refractivity contribution in [1.29, 1.82) is 0 Å². The average molecular weight is 320 g/mol. The SMILES string of the molecule is COc1nc(Br)cnc1/C=N/[S@](=O)C(C)(C)C. The minimum atomic E-state index is -1.32. The van der Waals surface area contributed by atoms with Crippen molar-refractivity contribution in [3.63, 3.8) is 0 Å². The van der Waals surface area contributed by atoms with Crippen LogP contribution in [0.5, 0.6) is 5.88 Å². The fraction of sp³-hybridized carbons (Fsp3) is 0.500. The number of rotatable bonds is 3. The van der Waals surface area contributed by atoms with Gasteiger partial charge in [0, 0.05) is 0 Å². The van der Waals surface area contributed by atoms with Crippen LogP contribution >= 0.6 is 15.9 Å². The highest BCUT2D eigenvalue weighted by Crippen LogP contribution is 2.16. The Kier molecular flexibility index (Phi) is 4.76. The van der Waals surface area contributed by atoms with E-state index in [4.69, 9.17) is 4.74 Å². The van der Waals surface area contributed by atoms with Crippen molar-refractivity contribution in [2.24, 2.45) is 4.40 Å². The maximum absolute atomic E-state index is 11.7. The predicted octanol–water partition coefficient (Wildman–Crippen LogP) is 2.13. The molecule has 5 nitrogen and oxygen atoms in total. The molecular formula is C10H14BrN3O2S. The van der Waals surface area contributed by atoms with Gasteiger partial charge in [-0.15, -0.1) is 0 Å². The van der Waals surface area contributed by atoms with Crippen LogP contribution in [-0.4, -0.2) is 32.2 Å². The summed E-state index contributed by atoms with van der Waals surface area (Å²) in [5, 5.41) is 0. The molecule has 0 radical (unpaired) electrons. The van der Waals surface area contributed by atoms with Gasteiger partial charge >= 0.3 is 0 Å². The van der Waals surface area contributed by atoms with Crippen LogP contribution in [0.2, 0.25) is 0 Å². The summed E-state index contributed by atoms with van der Waals surface area (Å²) in [6.07, 6.45) is 2.95. The first kappa shape index (κ1) is 14.2. The second kappa shape index (κ2) is 5.68. The molecule has 0 saturated carbocycles. The summed E-state index contributed by atoms with van der Waals surface area (Å²) < 4.78 is 20.9. The quantitative estimate of drug-likeness (QED) is 0.800. The Balaban J connectivity index is 2.96. The fourth-order valence-electron chi connectivity index (χ4n) is 0.856. The monoisotopic (exact) mass is 319 g/mol. The van der Waals surface area contributed by atoms with Gasteiger partial charge in [0.1, 0.15) is 21.3 Å². The molecule has 94 valence electrons. The summed E-state index contributed by atoms with van der Waals surface area (Å²) in [7, 11) is 0.176. The third-order valence-corrected chi connectivity index (χ3v) is 3.45. The molecular weight excluding hydrogens is 306 g/mol. The van der Waals surface area contributed by atoms with Gasteiger partial charge in [-0.3, -0.25) is 0 Å². The lowest BCUT2D eigenvalue weighted by Crippen LogP contribution is -2.19. The smallest absolute Gasteiger partial charge is 0.242 e. The number of hydrogen-bond donors (Lipinski definition) is 0. The van der Waals surface area contributed by atoms with Crippen LogP contribution in [0.4, 0.5) is 0 Å². The molecule has 1 rings (SSSR count). The molecule has 0 unspecified atom stereocenters. The zero-order valence-electron chi connectivity index (χ0n) is 10.1. The molecule has 1 heterocycles. The maximum Gasteiger partial charge on any atom is 0.242 e. The topological polar surface area (TPSA) is 64.4 Å². The second-order valence-corrected chi connectivity index (χ2v) is 6.93. The molecule has 1 aromatic rings. The van der Waals surface area contributed by atoms with Gasteiger partial charge < -0.3 is 4.74 Å². The van der Waals surface area contributed by atoms with Crippen molar-refractivity contribution in [3.8, 4) is 5.88 Å². The molecule has 0 fully saturated rings. The minimum Gasteiger partial charge on any atom is -0.479 e. The van der Waals surface area contributed by atoms with Crippen LogP contribution in [-0.2, 0) is 11.0 Å². The first-order valence-electron chi connectivity index (χ1n) is 4.87. The third-order valence-electron chi connectivity index (χ3n) is 1.73. The number of aromatic nitrogens is 2. The molecule has 0 bridgehead atoms. The van der Waals surface area contributed by atoms with Crippen molar-refractivity contribution in [2.75, 3.05) is 7.11 Å². The first-order valence-corrected chi connectivity index (χ1v) is 6.77. The van der Waals surface area contributed by atoms with Crippen LogP contribution in [0.25, 0.3) is 0 Å². The predicted molar refractivity (Wildman–Crippen MR) is 71.8 cm³/mol. The van der Waals surface area contributed by atoms with Gasteiger partial charge in [0.2, 0.25) is 5.88 Å². The maximum atomic E-state index is 11.7. The van der Waals surface area contributed by atoms with Gasteiger partial charge in [-0.1, -0.05) is 0 Å². The van der Waals surface area contributed by atoms with Crippen molar-refractivity contribution >= 4 is 33.1 Å². The molecule has 0 aliphatic carbocycles. The van der Waals surface area contributed by atoms with Gasteiger partial charge in [0.05, 0.1) is 24.3 Å². The van der Waals surface area contributed by atoms with E-state index in [-0.39, 0.29) is 0 Å². The van der Waals surface area contributed by atoms with Gasteiger partial charge in [0.25, 0.3) is 0 Å². The molecule has 0 saturated heterocycles. The van der Waals surface area contributed by atoms with E-state index in [1.54, 1.807) is 0 Å². The summed E-state index contributed by atoms with van der Waals surface area (Å²) in [5.74, 6) is 0.342. The van der Waals surface area contributed by atoms with Crippen molar-refractivity contribution in [2.45, 2.75) is 25.5 Å². The van der Waals surface area contributed by atoms with Gasteiger partial charge in [-0.05, 0) is 36.7 Å². The molecule has 0 aromatic carbocycles. The van der Waals surface area contributed by atoms with Crippen molar-refractivity contribution in [3.05, 3.63) is 16.5 Å². The van der Waals surface area contributed by atoms with Crippen LogP contribution in [0.3, 0.4) is 0 Å². The summed E-state index contributed by atoms with van der Waals surface area (Å²) >= 11 is 3.19. The lowest BCUT2D eigenvalue weighted by atomic mass is 10.3. The molecule has 0 amide bonds. The number of methoxy groups -OCH3 is 1. The Morgan fingerprint density at radius 2 is 2.18 bits per heavy atom. The van der Waals surface area contributed by atoms with Crippen LogP contribution in [0.15, 0.2) is 15.2 Å². The van der Waals surface area contributed by atoms with E-state index in [1.807, 2.05) is 20.8 Å². The Bertz CT molecular complexity index is 457. The summed E-state index contributed by atoms with van der Waals surface area (Å²) in [5.41, 5.74) is 0.452. The van der Waals surface area contributed by atoms with Crippen LogP contribution in [0, 0.1) is 0 Å². The number of halogens is 1. The molecule has 1 aromatic heterocycles. The highest BCUT2D eigenvalue weighted by atomic mass is 79.9. The average Bonchev–Trinajstić information content (AvgIpc) is 2.25. The molecule has 0 aliphatic rings. The van der Waals surface area contributed by atoms with Crippen LogP contribution < -0.4 is 4.74 Å². The van der Waals surface area contributed by atoms with E-state index >= 15 is 0 Å². The summed E-state index contributed by atoms with van der Waals surface area (Å²) in [4.78, 5) is 8.16. The lowest BCUT2D eigenvalue weighted by Gasteiger charge is -2.12.